The Morgan fingerprint density at radius 3 is 2.90 bits per heavy atom. The molecule has 0 saturated carbocycles. The lowest BCUT2D eigenvalue weighted by atomic mass is 10.1. The molecule has 152 valence electrons. The molecule has 0 fully saturated rings. The number of benzene rings is 1. The topological polar surface area (TPSA) is 81.2 Å². The summed E-state index contributed by atoms with van der Waals surface area (Å²) >= 11 is 7.89. The number of ketones is 1. The third-order valence-corrected chi connectivity index (χ3v) is 6.14. The van der Waals surface area contributed by atoms with Crippen LogP contribution in [0.4, 0.5) is 0 Å². The van der Waals surface area contributed by atoms with Crippen LogP contribution in [0.25, 0.3) is 16.5 Å². The molecule has 0 spiro atoms. The summed E-state index contributed by atoms with van der Waals surface area (Å²) in [5, 5.41) is 10.8. The second kappa shape index (κ2) is 8.77. The summed E-state index contributed by atoms with van der Waals surface area (Å²) in [7, 11) is 0. The number of Topliss-reactive ketones (excluding diaryl/α,β-unsaturated/α-hetero) is 1. The lowest BCUT2D eigenvalue weighted by Crippen LogP contribution is -2.33. The van der Waals surface area contributed by atoms with Crippen LogP contribution in [0.2, 0.25) is 5.02 Å². The van der Waals surface area contributed by atoms with Gasteiger partial charge in [-0.05, 0) is 54.5 Å². The third-order valence-electron chi connectivity index (χ3n) is 4.63. The van der Waals surface area contributed by atoms with E-state index in [9.17, 15) is 9.59 Å². The molecule has 0 saturated heterocycles. The van der Waals surface area contributed by atoms with Crippen molar-refractivity contribution in [1.29, 1.82) is 0 Å². The van der Waals surface area contributed by atoms with Gasteiger partial charge < -0.3 is 10.1 Å². The molecule has 1 aromatic carbocycles. The highest BCUT2D eigenvalue weighted by Crippen LogP contribution is 2.41. The van der Waals surface area contributed by atoms with Gasteiger partial charge >= 0.3 is 0 Å². The molecule has 30 heavy (non-hydrogen) atoms. The van der Waals surface area contributed by atoms with E-state index in [0.29, 0.717) is 28.6 Å². The maximum absolute atomic E-state index is 12.1. The lowest BCUT2D eigenvalue weighted by Gasteiger charge is -2.11. The number of rotatable bonds is 6. The molecule has 1 aliphatic heterocycles. The van der Waals surface area contributed by atoms with Crippen molar-refractivity contribution in [2.24, 2.45) is 0 Å². The molecule has 1 unspecified atom stereocenters. The first kappa shape index (κ1) is 20.3. The van der Waals surface area contributed by atoms with Gasteiger partial charge in [-0.3, -0.25) is 9.59 Å². The van der Waals surface area contributed by atoms with Crippen LogP contribution in [0.15, 0.2) is 48.8 Å². The van der Waals surface area contributed by atoms with Gasteiger partial charge in [0.15, 0.2) is 5.78 Å². The van der Waals surface area contributed by atoms with E-state index in [1.54, 1.807) is 31.5 Å². The second-order valence-corrected chi connectivity index (χ2v) is 8.36. The number of hydrogen-bond donors (Lipinski definition) is 1. The van der Waals surface area contributed by atoms with E-state index in [2.05, 4.69) is 15.5 Å². The monoisotopic (exact) mass is 439 g/mol. The predicted molar refractivity (Wildman–Crippen MR) is 117 cm³/mol. The summed E-state index contributed by atoms with van der Waals surface area (Å²) < 4.78 is 5.95. The minimum absolute atomic E-state index is 0.0480. The van der Waals surface area contributed by atoms with Crippen LogP contribution in [0.5, 0.6) is 5.75 Å². The van der Waals surface area contributed by atoms with Gasteiger partial charge in [0.1, 0.15) is 11.9 Å². The van der Waals surface area contributed by atoms with Gasteiger partial charge in [-0.25, -0.2) is 0 Å². The van der Waals surface area contributed by atoms with Gasteiger partial charge in [0.2, 0.25) is 5.91 Å². The normalized spacial score (nSPS) is 15.1. The Balaban J connectivity index is 1.39. The van der Waals surface area contributed by atoms with E-state index < -0.39 is 0 Å². The van der Waals surface area contributed by atoms with E-state index in [4.69, 9.17) is 16.3 Å². The number of aromatic nitrogens is 2. The Hall–Kier alpha value is -3.03. The average molecular weight is 440 g/mol. The SMILES string of the molecule is CC(=O)c1ccc(-c2cc(Cl)c3c(c2)CC(CNC(=O)/C=C/c2ccnnc2)O3)s1. The number of hydrogen-bond acceptors (Lipinski definition) is 6. The van der Waals surface area contributed by atoms with Gasteiger partial charge in [0.05, 0.1) is 28.8 Å². The molecule has 1 atom stereocenters. The first-order valence-electron chi connectivity index (χ1n) is 9.32. The van der Waals surface area contributed by atoms with Crippen molar-refractivity contribution in [3.8, 4) is 16.2 Å². The molecule has 3 heterocycles. The van der Waals surface area contributed by atoms with Crippen LogP contribution in [-0.2, 0) is 11.2 Å². The fraction of sp³-hybridized carbons (Fsp3) is 0.182. The number of ether oxygens (including phenoxy) is 1. The van der Waals surface area contributed by atoms with Crippen LogP contribution >= 0.6 is 22.9 Å². The molecule has 0 radical (unpaired) electrons. The van der Waals surface area contributed by atoms with Crippen LogP contribution < -0.4 is 10.1 Å². The number of amides is 1. The zero-order valence-corrected chi connectivity index (χ0v) is 17.7. The highest BCUT2D eigenvalue weighted by Gasteiger charge is 2.26. The molecular weight excluding hydrogens is 422 g/mol. The molecule has 1 aliphatic rings. The molecule has 0 bridgehead atoms. The van der Waals surface area contributed by atoms with Crippen molar-refractivity contribution in [3.63, 3.8) is 0 Å². The third kappa shape index (κ3) is 4.58. The van der Waals surface area contributed by atoms with Gasteiger partial charge in [0.25, 0.3) is 0 Å². The van der Waals surface area contributed by atoms with Crippen LogP contribution in [0, 0.1) is 0 Å². The Kier molecular flexibility index (Phi) is 5.92. The number of nitrogens with one attached hydrogen (secondary N) is 1. The first-order chi connectivity index (χ1) is 14.5. The second-order valence-electron chi connectivity index (χ2n) is 6.86. The van der Waals surface area contributed by atoms with Gasteiger partial charge in [-0.2, -0.15) is 10.2 Å². The van der Waals surface area contributed by atoms with Crippen molar-refractivity contribution in [2.45, 2.75) is 19.4 Å². The standard InChI is InChI=1S/C22H18ClN3O3S/c1-13(27)19-3-4-20(30-19)15-8-16-9-17(29-22(16)18(23)10-15)12-24-21(28)5-2-14-6-7-25-26-11-14/h2-8,10-11,17H,9,12H2,1H3,(H,24,28)/b5-2+. The zero-order chi connectivity index (χ0) is 21.1. The number of fused-ring (bicyclic) bond motifs is 1. The maximum Gasteiger partial charge on any atom is 0.244 e. The summed E-state index contributed by atoms with van der Waals surface area (Å²) in [4.78, 5) is 25.3. The minimum Gasteiger partial charge on any atom is -0.486 e. The minimum atomic E-state index is -0.214. The van der Waals surface area contributed by atoms with Gasteiger partial charge in [-0.1, -0.05) is 11.6 Å². The molecule has 0 aliphatic carbocycles. The molecule has 3 aromatic rings. The molecule has 4 rings (SSSR count). The molecule has 2 aromatic heterocycles. The number of carbonyl (C=O) groups is 2. The number of carbonyl (C=O) groups excluding carboxylic acids is 2. The molecule has 1 amide bonds. The quantitative estimate of drug-likeness (QED) is 0.460. The molecule has 8 heteroatoms. The number of thiophene rings is 1. The van der Waals surface area contributed by atoms with Crippen molar-refractivity contribution < 1.29 is 14.3 Å². The van der Waals surface area contributed by atoms with Gasteiger partial charge in [-0.15, -0.1) is 11.3 Å². The fourth-order valence-corrected chi connectivity index (χ4v) is 4.34. The molecule has 6 nitrogen and oxygen atoms in total. The average Bonchev–Trinajstić information content (AvgIpc) is 3.39. The fourth-order valence-electron chi connectivity index (χ4n) is 3.17. The van der Waals surface area contributed by atoms with Crippen molar-refractivity contribution in [2.75, 3.05) is 6.54 Å². The highest BCUT2D eigenvalue weighted by molar-refractivity contribution is 7.17. The Labute approximate surface area is 182 Å². The highest BCUT2D eigenvalue weighted by atomic mass is 35.5. The Morgan fingerprint density at radius 2 is 2.17 bits per heavy atom. The lowest BCUT2D eigenvalue weighted by molar-refractivity contribution is -0.116. The summed E-state index contributed by atoms with van der Waals surface area (Å²) in [6, 6.07) is 9.41. The summed E-state index contributed by atoms with van der Waals surface area (Å²) in [5.41, 5.74) is 2.75. The maximum atomic E-state index is 12.1. The summed E-state index contributed by atoms with van der Waals surface area (Å²) in [6.45, 7) is 1.92. The zero-order valence-electron chi connectivity index (χ0n) is 16.1. The van der Waals surface area contributed by atoms with Crippen LogP contribution in [-0.4, -0.2) is 34.5 Å². The van der Waals surface area contributed by atoms with E-state index in [1.807, 2.05) is 24.3 Å². The van der Waals surface area contributed by atoms with Crippen molar-refractivity contribution in [3.05, 3.63) is 69.8 Å². The number of nitrogens with zero attached hydrogens (tertiary/aromatic N) is 2. The van der Waals surface area contributed by atoms with E-state index in [-0.39, 0.29) is 17.8 Å². The smallest absolute Gasteiger partial charge is 0.244 e. The van der Waals surface area contributed by atoms with E-state index >= 15 is 0 Å². The van der Waals surface area contributed by atoms with Gasteiger partial charge in [0, 0.05) is 22.9 Å². The van der Waals surface area contributed by atoms with Crippen LogP contribution in [0.1, 0.15) is 27.7 Å². The van der Waals surface area contributed by atoms with E-state index in [1.165, 1.54) is 17.4 Å². The van der Waals surface area contributed by atoms with Crippen LogP contribution in [0.3, 0.4) is 0 Å². The first-order valence-corrected chi connectivity index (χ1v) is 10.5. The molecule has 1 N–H and O–H groups in total. The summed E-state index contributed by atoms with van der Waals surface area (Å²) in [5.74, 6) is 0.488. The number of halogens is 1. The van der Waals surface area contributed by atoms with Crippen molar-refractivity contribution >= 4 is 40.7 Å². The Bertz CT molecular complexity index is 1130. The molecular formula is C22H18ClN3O3S. The predicted octanol–water partition coefficient (Wildman–Crippen LogP) is 4.19. The van der Waals surface area contributed by atoms with Crippen molar-refractivity contribution in [1.82, 2.24) is 15.5 Å². The Morgan fingerprint density at radius 1 is 1.30 bits per heavy atom. The summed E-state index contributed by atoms with van der Waals surface area (Å²) in [6.07, 6.45) is 6.72. The largest absolute Gasteiger partial charge is 0.486 e. The van der Waals surface area contributed by atoms with E-state index in [0.717, 1.165) is 21.6 Å².